The summed E-state index contributed by atoms with van der Waals surface area (Å²) < 4.78 is 66.5. The zero-order valence-corrected chi connectivity index (χ0v) is 19.1. The van der Waals surface area contributed by atoms with E-state index in [0.29, 0.717) is 0 Å². The summed E-state index contributed by atoms with van der Waals surface area (Å²) in [6.45, 7) is 9.33. The first-order valence-corrected chi connectivity index (χ1v) is 11.8. The Morgan fingerprint density at radius 2 is 1.94 bits per heavy atom. The van der Waals surface area contributed by atoms with Crippen LogP contribution in [0.15, 0.2) is 58.8 Å². The van der Waals surface area contributed by atoms with Crippen molar-refractivity contribution in [3.63, 3.8) is 0 Å². The summed E-state index contributed by atoms with van der Waals surface area (Å²) >= 11 is 0. The molecule has 1 unspecified atom stereocenters. The fourth-order valence-corrected chi connectivity index (χ4v) is 4.89. The van der Waals surface area contributed by atoms with Crippen LogP contribution in [0.5, 0.6) is 0 Å². The minimum atomic E-state index is -4.60. The van der Waals surface area contributed by atoms with Crippen molar-refractivity contribution in [2.24, 2.45) is 0 Å². The van der Waals surface area contributed by atoms with Gasteiger partial charge in [0, 0.05) is 17.6 Å². The molecular formula is C22H16F3N7O2S. The number of hydrogen-bond donors (Lipinski definition) is 1. The van der Waals surface area contributed by atoms with Gasteiger partial charge < -0.3 is 5.73 Å². The molecule has 178 valence electrons. The van der Waals surface area contributed by atoms with Crippen molar-refractivity contribution in [3.05, 3.63) is 82.0 Å². The standard InChI is InChI=1S/C22H16F3N7O2S/c1-12-18(28-2)19(16-8-7-13(11-26)9-17(16)35(3,33)34)32-21(29-20(27)30-32)31(12)15-6-4-5-14(10-15)22(23,24)25/h4-10,19H,1,3H3,(H2,27,30). The van der Waals surface area contributed by atoms with Crippen LogP contribution in [0.3, 0.4) is 0 Å². The molecule has 0 saturated carbocycles. The molecule has 4 rings (SSSR count). The summed E-state index contributed by atoms with van der Waals surface area (Å²) in [5.74, 6) is -0.226. The Bertz CT molecular complexity index is 1580. The first-order valence-electron chi connectivity index (χ1n) is 9.88. The van der Waals surface area contributed by atoms with Gasteiger partial charge in [-0.15, -0.1) is 5.10 Å². The molecular weight excluding hydrogens is 483 g/mol. The Morgan fingerprint density at radius 1 is 1.23 bits per heavy atom. The second kappa shape index (κ2) is 8.14. The molecule has 35 heavy (non-hydrogen) atoms. The third kappa shape index (κ3) is 4.06. The number of aromatic nitrogens is 3. The van der Waals surface area contributed by atoms with E-state index < -0.39 is 27.6 Å². The number of anilines is 3. The smallest absolute Gasteiger partial charge is 0.366 e. The average molecular weight is 499 g/mol. The van der Waals surface area contributed by atoms with Crippen LogP contribution in [-0.4, -0.2) is 29.4 Å². The van der Waals surface area contributed by atoms with E-state index in [4.69, 9.17) is 12.3 Å². The van der Waals surface area contributed by atoms with Crippen LogP contribution in [0.2, 0.25) is 0 Å². The Labute approximate surface area is 198 Å². The molecule has 0 radical (unpaired) electrons. The minimum absolute atomic E-state index is 0.000496. The van der Waals surface area contributed by atoms with E-state index in [0.717, 1.165) is 18.4 Å². The molecule has 1 aliphatic rings. The predicted molar refractivity (Wildman–Crippen MR) is 120 cm³/mol. The van der Waals surface area contributed by atoms with Crippen LogP contribution < -0.4 is 10.6 Å². The topological polar surface area (TPSA) is 122 Å². The van der Waals surface area contributed by atoms with Crippen LogP contribution in [0.25, 0.3) is 4.85 Å². The van der Waals surface area contributed by atoms with E-state index in [9.17, 15) is 26.9 Å². The Kier molecular flexibility index (Phi) is 5.53. The summed E-state index contributed by atoms with van der Waals surface area (Å²) in [6, 6.07) is 9.24. The molecule has 2 aromatic carbocycles. The number of fused-ring (bicyclic) bond motifs is 1. The number of nitriles is 1. The van der Waals surface area contributed by atoms with Crippen LogP contribution in [0, 0.1) is 17.9 Å². The van der Waals surface area contributed by atoms with Crippen molar-refractivity contribution in [2.75, 3.05) is 16.9 Å². The molecule has 3 aromatic rings. The van der Waals surface area contributed by atoms with Gasteiger partial charge in [0.2, 0.25) is 17.6 Å². The Hall–Kier alpha value is -4.36. The number of hydrogen-bond acceptors (Lipinski definition) is 7. The summed E-state index contributed by atoms with van der Waals surface area (Å²) in [4.78, 5) is 8.86. The summed E-state index contributed by atoms with van der Waals surface area (Å²) in [5, 5.41) is 13.4. The molecule has 0 saturated heterocycles. The second-order valence-electron chi connectivity index (χ2n) is 7.72. The van der Waals surface area contributed by atoms with Crippen molar-refractivity contribution < 1.29 is 21.6 Å². The maximum atomic E-state index is 13.4. The number of nitrogens with zero attached hydrogens (tertiary/aromatic N) is 6. The van der Waals surface area contributed by atoms with Gasteiger partial charge in [0.25, 0.3) is 0 Å². The molecule has 9 nitrogen and oxygen atoms in total. The zero-order valence-electron chi connectivity index (χ0n) is 18.2. The highest BCUT2D eigenvalue weighted by molar-refractivity contribution is 7.90. The third-order valence-electron chi connectivity index (χ3n) is 5.43. The van der Waals surface area contributed by atoms with Crippen molar-refractivity contribution >= 4 is 27.4 Å². The van der Waals surface area contributed by atoms with E-state index in [2.05, 4.69) is 14.9 Å². The molecule has 1 aromatic heterocycles. The van der Waals surface area contributed by atoms with E-state index in [1.54, 1.807) is 0 Å². The number of nitrogens with two attached hydrogens (primary N) is 1. The van der Waals surface area contributed by atoms with Gasteiger partial charge in [-0.2, -0.15) is 23.4 Å². The van der Waals surface area contributed by atoms with Gasteiger partial charge in [0.05, 0.1) is 28.7 Å². The highest BCUT2D eigenvalue weighted by Gasteiger charge is 2.39. The lowest BCUT2D eigenvalue weighted by molar-refractivity contribution is -0.137. The van der Waals surface area contributed by atoms with Gasteiger partial charge in [-0.25, -0.2) is 17.9 Å². The first-order chi connectivity index (χ1) is 16.4. The van der Waals surface area contributed by atoms with E-state index >= 15 is 0 Å². The normalized spacial score (nSPS) is 16.0. The predicted octanol–water partition coefficient (Wildman–Crippen LogP) is 4.05. The van der Waals surface area contributed by atoms with Gasteiger partial charge in [-0.1, -0.05) is 12.1 Å². The molecule has 13 heteroatoms. The minimum Gasteiger partial charge on any atom is -0.366 e. The zero-order chi connectivity index (χ0) is 25.7. The monoisotopic (exact) mass is 499 g/mol. The summed E-state index contributed by atoms with van der Waals surface area (Å²) in [6.07, 6.45) is -3.64. The van der Waals surface area contributed by atoms with Gasteiger partial charge in [0.1, 0.15) is 6.04 Å². The molecule has 0 bridgehead atoms. The van der Waals surface area contributed by atoms with Crippen molar-refractivity contribution in [2.45, 2.75) is 24.0 Å². The SMILES string of the molecule is [C-]#[N+]C1=C(C)N(c2cccc(C(F)(F)F)c2)c2nc(N)nn2C1c1ccc(C#N)cc1S(C)(=O)=O. The number of alkyl halides is 3. The van der Waals surface area contributed by atoms with Gasteiger partial charge in [0.15, 0.2) is 9.84 Å². The van der Waals surface area contributed by atoms with Crippen LogP contribution in [0.4, 0.5) is 30.8 Å². The number of benzene rings is 2. The average Bonchev–Trinajstić information content (AvgIpc) is 3.17. The molecule has 1 atom stereocenters. The fraction of sp³-hybridized carbons (Fsp3) is 0.182. The lowest BCUT2D eigenvalue weighted by atomic mass is 9.99. The maximum absolute atomic E-state index is 13.4. The maximum Gasteiger partial charge on any atom is 0.416 e. The van der Waals surface area contributed by atoms with Gasteiger partial charge in [-0.05, 0) is 42.8 Å². The quantitative estimate of drug-likeness (QED) is 0.540. The Morgan fingerprint density at radius 3 is 2.54 bits per heavy atom. The van der Waals surface area contributed by atoms with E-state index in [-0.39, 0.29) is 45.0 Å². The number of rotatable bonds is 3. The summed E-state index contributed by atoms with van der Waals surface area (Å²) in [5.41, 5.74) is 5.45. The van der Waals surface area contributed by atoms with Gasteiger partial charge >= 0.3 is 6.18 Å². The number of allylic oxidation sites excluding steroid dienone is 2. The summed E-state index contributed by atoms with van der Waals surface area (Å²) in [7, 11) is -3.86. The van der Waals surface area contributed by atoms with Crippen molar-refractivity contribution in [1.29, 1.82) is 5.26 Å². The molecule has 0 spiro atoms. The first kappa shape index (κ1) is 23.8. The number of nitrogen functional groups attached to an aromatic ring is 1. The molecule has 1 aliphatic heterocycles. The van der Waals surface area contributed by atoms with Crippen molar-refractivity contribution in [3.8, 4) is 6.07 Å². The molecule has 2 N–H and O–H groups in total. The largest absolute Gasteiger partial charge is 0.416 e. The molecule has 2 heterocycles. The van der Waals surface area contributed by atoms with E-state index in [1.165, 1.54) is 46.8 Å². The van der Waals surface area contributed by atoms with Crippen LogP contribution in [0.1, 0.15) is 29.7 Å². The fourth-order valence-electron chi connectivity index (χ4n) is 3.94. The molecule has 0 aliphatic carbocycles. The van der Waals surface area contributed by atoms with Crippen molar-refractivity contribution in [1.82, 2.24) is 14.8 Å². The Balaban J connectivity index is 2.02. The van der Waals surface area contributed by atoms with Crippen LogP contribution in [-0.2, 0) is 16.0 Å². The van der Waals surface area contributed by atoms with Gasteiger partial charge in [-0.3, -0.25) is 4.90 Å². The molecule has 0 amide bonds. The molecule has 0 fully saturated rings. The number of halogens is 3. The lowest BCUT2D eigenvalue weighted by Crippen LogP contribution is -2.31. The van der Waals surface area contributed by atoms with Crippen LogP contribution >= 0.6 is 0 Å². The highest BCUT2D eigenvalue weighted by Crippen LogP contribution is 2.45. The lowest BCUT2D eigenvalue weighted by Gasteiger charge is -2.34. The van der Waals surface area contributed by atoms with E-state index in [1.807, 2.05) is 6.07 Å². The second-order valence-corrected chi connectivity index (χ2v) is 9.70. The number of sulfone groups is 1. The third-order valence-corrected chi connectivity index (χ3v) is 6.58. The highest BCUT2D eigenvalue weighted by atomic mass is 32.2.